The molecular weight excluding hydrogens is 334 g/mol. The Hall–Kier alpha value is -1.43. The van der Waals surface area contributed by atoms with E-state index in [-0.39, 0.29) is 11.8 Å². The monoisotopic (exact) mass is 367 g/mol. The molecule has 5 nitrogen and oxygen atoms in total. The number of aromatic nitrogens is 1. The van der Waals surface area contributed by atoms with Crippen molar-refractivity contribution in [3.8, 4) is 0 Å². The lowest BCUT2D eigenvalue weighted by molar-refractivity contribution is -0.132. The third kappa shape index (κ3) is 8.47. The van der Waals surface area contributed by atoms with Crippen molar-refractivity contribution in [2.45, 2.75) is 78.7 Å². The van der Waals surface area contributed by atoms with Crippen LogP contribution in [0.3, 0.4) is 0 Å². The van der Waals surface area contributed by atoms with Gasteiger partial charge in [-0.15, -0.1) is 11.3 Å². The number of carbonyl (C=O) groups excluding carboxylic acids is 2. The van der Waals surface area contributed by atoms with Crippen LogP contribution in [0.25, 0.3) is 0 Å². The van der Waals surface area contributed by atoms with Gasteiger partial charge in [0, 0.05) is 24.9 Å². The first kappa shape index (κ1) is 21.6. The second kappa shape index (κ2) is 12.9. The van der Waals surface area contributed by atoms with Crippen LogP contribution in [-0.2, 0) is 11.3 Å². The highest BCUT2D eigenvalue weighted by molar-refractivity contribution is 7.09. The molecule has 0 radical (unpaired) electrons. The molecule has 6 heteroatoms. The molecule has 0 atom stereocenters. The van der Waals surface area contributed by atoms with E-state index in [0.29, 0.717) is 25.2 Å². The predicted molar refractivity (Wildman–Crippen MR) is 104 cm³/mol. The summed E-state index contributed by atoms with van der Waals surface area (Å²) in [5, 5.41) is 5.50. The molecular formula is C19H33N3O2S. The topological polar surface area (TPSA) is 62.3 Å². The van der Waals surface area contributed by atoms with Gasteiger partial charge in [0.2, 0.25) is 5.91 Å². The van der Waals surface area contributed by atoms with Crippen LogP contribution in [0.2, 0.25) is 0 Å². The first-order chi connectivity index (χ1) is 12.1. The number of amides is 2. The van der Waals surface area contributed by atoms with Crippen LogP contribution >= 0.6 is 11.3 Å². The molecule has 0 aliphatic heterocycles. The summed E-state index contributed by atoms with van der Waals surface area (Å²) in [6, 6.07) is 0. The molecule has 142 valence electrons. The Morgan fingerprint density at radius 3 is 2.48 bits per heavy atom. The number of hydrogen-bond donors (Lipinski definition) is 1. The minimum absolute atomic E-state index is 0.120. The fourth-order valence-electron chi connectivity index (χ4n) is 2.45. The lowest BCUT2D eigenvalue weighted by Gasteiger charge is -2.21. The van der Waals surface area contributed by atoms with Crippen molar-refractivity contribution < 1.29 is 9.59 Å². The van der Waals surface area contributed by atoms with Gasteiger partial charge in [0.25, 0.3) is 5.91 Å². The van der Waals surface area contributed by atoms with Gasteiger partial charge >= 0.3 is 0 Å². The molecule has 0 saturated heterocycles. The number of thiazole rings is 1. The van der Waals surface area contributed by atoms with Crippen molar-refractivity contribution in [3.05, 3.63) is 16.1 Å². The molecule has 0 aliphatic rings. The van der Waals surface area contributed by atoms with Gasteiger partial charge < -0.3 is 10.2 Å². The van der Waals surface area contributed by atoms with Gasteiger partial charge in [-0.2, -0.15) is 0 Å². The van der Waals surface area contributed by atoms with Crippen LogP contribution < -0.4 is 5.32 Å². The summed E-state index contributed by atoms with van der Waals surface area (Å²) in [6.45, 7) is 8.32. The van der Waals surface area contributed by atoms with Gasteiger partial charge in [-0.05, 0) is 19.3 Å². The summed E-state index contributed by atoms with van der Waals surface area (Å²) in [5.41, 5.74) is 0.463. The van der Waals surface area contributed by atoms with E-state index in [1.807, 2.05) is 4.90 Å². The van der Waals surface area contributed by atoms with Crippen LogP contribution in [0.5, 0.6) is 0 Å². The molecule has 0 spiro atoms. The molecule has 0 bridgehead atoms. The van der Waals surface area contributed by atoms with Crippen LogP contribution in [0.1, 0.15) is 87.6 Å². The van der Waals surface area contributed by atoms with Crippen molar-refractivity contribution >= 4 is 23.2 Å². The lowest BCUT2D eigenvalue weighted by atomic mass is 10.2. The van der Waals surface area contributed by atoms with E-state index in [1.54, 1.807) is 5.38 Å². The van der Waals surface area contributed by atoms with E-state index < -0.39 is 0 Å². The van der Waals surface area contributed by atoms with Crippen molar-refractivity contribution in [2.75, 3.05) is 13.1 Å². The molecule has 0 aliphatic carbocycles. The maximum Gasteiger partial charge on any atom is 0.270 e. The van der Waals surface area contributed by atoms with Crippen LogP contribution in [-0.4, -0.2) is 34.8 Å². The van der Waals surface area contributed by atoms with Crippen molar-refractivity contribution in [1.82, 2.24) is 15.2 Å². The molecule has 0 unspecified atom stereocenters. The lowest BCUT2D eigenvalue weighted by Crippen LogP contribution is -2.31. The number of hydrogen-bond acceptors (Lipinski definition) is 4. The average molecular weight is 368 g/mol. The van der Waals surface area contributed by atoms with Crippen molar-refractivity contribution in [3.63, 3.8) is 0 Å². The van der Waals surface area contributed by atoms with Crippen LogP contribution in [0.4, 0.5) is 0 Å². The molecule has 1 heterocycles. The Morgan fingerprint density at radius 1 is 1.08 bits per heavy atom. The first-order valence-electron chi connectivity index (χ1n) is 9.62. The normalized spacial score (nSPS) is 10.7. The van der Waals surface area contributed by atoms with Gasteiger partial charge in [0.1, 0.15) is 10.7 Å². The Kier molecular flexibility index (Phi) is 11.1. The Labute approximate surface area is 156 Å². The van der Waals surface area contributed by atoms with Crippen molar-refractivity contribution in [1.29, 1.82) is 0 Å². The number of unbranched alkanes of at least 4 members (excludes halogenated alkanes) is 4. The number of nitrogens with one attached hydrogen (secondary N) is 1. The Bertz CT molecular complexity index is 517. The van der Waals surface area contributed by atoms with Gasteiger partial charge in [-0.25, -0.2) is 4.98 Å². The van der Waals surface area contributed by atoms with Crippen LogP contribution in [0, 0.1) is 0 Å². The molecule has 0 fully saturated rings. The zero-order valence-corrected chi connectivity index (χ0v) is 16.8. The highest BCUT2D eigenvalue weighted by atomic mass is 32.1. The van der Waals surface area contributed by atoms with E-state index in [4.69, 9.17) is 0 Å². The molecule has 1 N–H and O–H groups in total. The zero-order valence-electron chi connectivity index (χ0n) is 16.0. The SMILES string of the molecule is CCCCCC(=O)N(CCCC)Cc1nc(C(=O)NCCCC)cs1. The average Bonchev–Trinajstić information content (AvgIpc) is 3.07. The minimum atomic E-state index is -0.120. The van der Waals surface area contributed by atoms with E-state index in [1.165, 1.54) is 11.3 Å². The summed E-state index contributed by atoms with van der Waals surface area (Å²) in [6.07, 6.45) is 7.83. The molecule has 2 amide bonds. The summed E-state index contributed by atoms with van der Waals surface area (Å²) < 4.78 is 0. The Morgan fingerprint density at radius 2 is 1.80 bits per heavy atom. The molecule has 0 aromatic carbocycles. The van der Waals surface area contributed by atoms with E-state index >= 15 is 0 Å². The second-order valence-corrected chi connectivity index (χ2v) is 7.30. The highest BCUT2D eigenvalue weighted by Crippen LogP contribution is 2.15. The van der Waals surface area contributed by atoms with Gasteiger partial charge in [0.15, 0.2) is 0 Å². The summed E-state index contributed by atoms with van der Waals surface area (Å²) in [7, 11) is 0. The quantitative estimate of drug-likeness (QED) is 0.526. The molecule has 1 aromatic rings. The number of carbonyl (C=O) groups is 2. The minimum Gasteiger partial charge on any atom is -0.351 e. The molecule has 25 heavy (non-hydrogen) atoms. The van der Waals surface area contributed by atoms with Gasteiger partial charge in [-0.1, -0.05) is 46.5 Å². The Balaban J connectivity index is 2.61. The molecule has 1 rings (SSSR count). The number of rotatable bonds is 13. The fourth-order valence-corrected chi connectivity index (χ4v) is 3.23. The highest BCUT2D eigenvalue weighted by Gasteiger charge is 2.16. The van der Waals surface area contributed by atoms with E-state index in [2.05, 4.69) is 31.1 Å². The predicted octanol–water partition coefficient (Wildman–Crippen LogP) is 4.38. The molecule has 1 aromatic heterocycles. The van der Waals surface area contributed by atoms with Crippen molar-refractivity contribution in [2.24, 2.45) is 0 Å². The summed E-state index contributed by atoms with van der Waals surface area (Å²) in [5.74, 6) is 0.0800. The fraction of sp³-hybridized carbons (Fsp3) is 0.737. The first-order valence-corrected chi connectivity index (χ1v) is 10.5. The second-order valence-electron chi connectivity index (χ2n) is 6.36. The summed E-state index contributed by atoms with van der Waals surface area (Å²) >= 11 is 1.46. The third-order valence-electron chi connectivity index (χ3n) is 4.05. The van der Waals surface area contributed by atoms with Crippen LogP contribution in [0.15, 0.2) is 5.38 Å². The number of nitrogens with zero attached hydrogens (tertiary/aromatic N) is 2. The standard InChI is InChI=1S/C19H33N3O2S/c1-4-7-10-11-18(23)22(13-9-6-3)14-17-21-16(15-25-17)19(24)20-12-8-5-2/h15H,4-14H2,1-3H3,(H,20,24). The van der Waals surface area contributed by atoms with Gasteiger partial charge in [-0.3, -0.25) is 9.59 Å². The third-order valence-corrected chi connectivity index (χ3v) is 4.89. The summed E-state index contributed by atoms with van der Waals surface area (Å²) in [4.78, 5) is 30.8. The largest absolute Gasteiger partial charge is 0.351 e. The maximum atomic E-state index is 12.5. The van der Waals surface area contributed by atoms with E-state index in [9.17, 15) is 9.59 Å². The zero-order chi connectivity index (χ0) is 18.5. The smallest absolute Gasteiger partial charge is 0.270 e. The van der Waals surface area contributed by atoms with Gasteiger partial charge in [0.05, 0.1) is 6.54 Å². The molecule has 0 saturated carbocycles. The maximum absolute atomic E-state index is 12.5. The van der Waals surface area contributed by atoms with E-state index in [0.717, 1.165) is 56.5 Å².